The molecule has 0 heterocycles. The van der Waals surface area contributed by atoms with Crippen LogP contribution in [0.15, 0.2) is 0 Å². The molecule has 0 aromatic carbocycles. The number of nitrogens with two attached hydrogens (primary N) is 1. The number of fused-ring (bicyclic) bond motifs is 1. The Kier molecular flexibility index (Phi) is 4.88. The molecule has 0 saturated heterocycles. The molecule has 0 spiro atoms. The molecule has 3 saturated carbocycles. The van der Waals surface area contributed by atoms with Gasteiger partial charge in [0.15, 0.2) is 0 Å². The van der Waals surface area contributed by atoms with Crippen LogP contribution in [0.5, 0.6) is 0 Å². The zero-order chi connectivity index (χ0) is 14.7. The number of carbonyl (C=O) groups excluding carboxylic acids is 1. The van der Waals surface area contributed by atoms with E-state index < -0.39 is 0 Å². The first-order chi connectivity index (χ1) is 10.2. The summed E-state index contributed by atoms with van der Waals surface area (Å²) in [4.78, 5) is 12.7. The van der Waals surface area contributed by atoms with Crippen LogP contribution in [0, 0.1) is 17.8 Å². The maximum Gasteiger partial charge on any atom is 0.223 e. The van der Waals surface area contributed by atoms with Gasteiger partial charge in [-0.1, -0.05) is 44.9 Å². The van der Waals surface area contributed by atoms with Crippen molar-refractivity contribution in [2.24, 2.45) is 23.5 Å². The van der Waals surface area contributed by atoms with Crippen LogP contribution in [0.25, 0.3) is 0 Å². The van der Waals surface area contributed by atoms with Gasteiger partial charge in [0.1, 0.15) is 0 Å². The van der Waals surface area contributed by atoms with Crippen LogP contribution in [0.1, 0.15) is 77.0 Å². The van der Waals surface area contributed by atoms with Crippen LogP contribution in [0.2, 0.25) is 0 Å². The fourth-order valence-corrected chi connectivity index (χ4v) is 5.08. The zero-order valence-electron chi connectivity index (χ0n) is 13.4. The first-order valence-electron chi connectivity index (χ1n) is 9.24. The summed E-state index contributed by atoms with van der Waals surface area (Å²) in [6.45, 7) is 0.609. The van der Waals surface area contributed by atoms with Gasteiger partial charge in [-0.3, -0.25) is 4.79 Å². The zero-order valence-corrected chi connectivity index (χ0v) is 13.4. The predicted octanol–water partition coefficient (Wildman–Crippen LogP) is 3.37. The molecule has 0 radical (unpaired) electrons. The van der Waals surface area contributed by atoms with Crippen LogP contribution < -0.4 is 11.1 Å². The molecule has 0 aromatic heterocycles. The lowest BCUT2D eigenvalue weighted by atomic mass is 9.67. The highest BCUT2D eigenvalue weighted by molar-refractivity contribution is 5.79. The third-order valence-electron chi connectivity index (χ3n) is 6.50. The molecule has 0 aliphatic heterocycles. The van der Waals surface area contributed by atoms with E-state index in [4.69, 9.17) is 5.73 Å². The van der Waals surface area contributed by atoms with Crippen molar-refractivity contribution in [2.75, 3.05) is 6.54 Å². The smallest absolute Gasteiger partial charge is 0.223 e. The minimum Gasteiger partial charge on any atom is -0.349 e. The molecule has 3 fully saturated rings. The highest BCUT2D eigenvalue weighted by Crippen LogP contribution is 2.43. The van der Waals surface area contributed by atoms with Gasteiger partial charge in [0, 0.05) is 12.5 Å². The van der Waals surface area contributed by atoms with E-state index in [1.54, 1.807) is 0 Å². The van der Waals surface area contributed by atoms with Crippen molar-refractivity contribution in [2.45, 2.75) is 82.6 Å². The molecule has 3 aliphatic carbocycles. The monoisotopic (exact) mass is 292 g/mol. The van der Waals surface area contributed by atoms with Crippen molar-refractivity contribution in [1.29, 1.82) is 0 Å². The number of hydrogen-bond donors (Lipinski definition) is 2. The van der Waals surface area contributed by atoms with Gasteiger partial charge in [0.2, 0.25) is 5.91 Å². The van der Waals surface area contributed by atoms with Gasteiger partial charge >= 0.3 is 0 Å². The van der Waals surface area contributed by atoms with Crippen molar-refractivity contribution in [1.82, 2.24) is 5.32 Å². The van der Waals surface area contributed by atoms with Crippen LogP contribution in [-0.4, -0.2) is 18.0 Å². The highest BCUT2D eigenvalue weighted by atomic mass is 16.2. The number of amides is 1. The summed E-state index contributed by atoms with van der Waals surface area (Å²) in [5.41, 5.74) is 5.92. The third kappa shape index (κ3) is 3.44. The summed E-state index contributed by atoms with van der Waals surface area (Å²) in [7, 11) is 0. The topological polar surface area (TPSA) is 55.1 Å². The standard InChI is InChI=1S/C18H32N2O/c19-13-18(10-4-1-5-11-18)20-17(21)16-9-8-14-6-2-3-7-15(14)12-16/h14-16H,1-13,19H2,(H,20,21). The van der Waals surface area contributed by atoms with Crippen LogP contribution in [-0.2, 0) is 4.79 Å². The highest BCUT2D eigenvalue weighted by Gasteiger charge is 2.38. The van der Waals surface area contributed by atoms with E-state index in [9.17, 15) is 4.79 Å². The molecule has 3 rings (SSSR count). The summed E-state index contributed by atoms with van der Waals surface area (Å²) in [5, 5.41) is 3.38. The number of carbonyl (C=O) groups is 1. The molecule has 3 unspecified atom stereocenters. The fraction of sp³-hybridized carbons (Fsp3) is 0.944. The van der Waals surface area contributed by atoms with Gasteiger partial charge in [-0.25, -0.2) is 0 Å². The number of nitrogens with one attached hydrogen (secondary N) is 1. The van der Waals surface area contributed by atoms with Gasteiger partial charge in [-0.05, 0) is 43.9 Å². The van der Waals surface area contributed by atoms with E-state index >= 15 is 0 Å². The van der Waals surface area contributed by atoms with Crippen LogP contribution >= 0.6 is 0 Å². The maximum absolute atomic E-state index is 12.7. The first kappa shape index (κ1) is 15.3. The Balaban J connectivity index is 1.57. The summed E-state index contributed by atoms with van der Waals surface area (Å²) in [5.74, 6) is 2.31. The molecule has 0 aromatic rings. The molecule has 1 amide bonds. The Hall–Kier alpha value is -0.570. The predicted molar refractivity (Wildman–Crippen MR) is 85.8 cm³/mol. The average molecular weight is 292 g/mol. The van der Waals surface area contributed by atoms with E-state index in [-0.39, 0.29) is 11.5 Å². The summed E-state index contributed by atoms with van der Waals surface area (Å²) in [6, 6.07) is 0. The second kappa shape index (κ2) is 6.68. The van der Waals surface area contributed by atoms with Crippen molar-refractivity contribution in [3.05, 3.63) is 0 Å². The van der Waals surface area contributed by atoms with Crippen molar-refractivity contribution in [3.8, 4) is 0 Å². The SMILES string of the molecule is NCC1(NC(=O)C2CCC3CCCCC3C2)CCCCC1. The second-order valence-electron chi connectivity index (χ2n) is 7.85. The normalized spacial score (nSPS) is 35.8. The Bertz CT molecular complexity index is 362. The molecule has 3 aliphatic rings. The lowest BCUT2D eigenvalue weighted by Gasteiger charge is -2.42. The van der Waals surface area contributed by atoms with E-state index in [1.807, 2.05) is 0 Å². The van der Waals surface area contributed by atoms with E-state index in [0.717, 1.165) is 37.5 Å². The summed E-state index contributed by atoms with van der Waals surface area (Å²) >= 11 is 0. The molecule has 3 atom stereocenters. The third-order valence-corrected chi connectivity index (χ3v) is 6.50. The molecule has 3 N–H and O–H groups in total. The van der Waals surface area contributed by atoms with Gasteiger partial charge in [0.25, 0.3) is 0 Å². The van der Waals surface area contributed by atoms with Gasteiger partial charge < -0.3 is 11.1 Å². The summed E-state index contributed by atoms with van der Waals surface area (Å²) < 4.78 is 0. The molecular formula is C18H32N2O. The van der Waals surface area contributed by atoms with Gasteiger partial charge in [-0.2, -0.15) is 0 Å². The minimum atomic E-state index is -0.0846. The largest absolute Gasteiger partial charge is 0.349 e. The van der Waals surface area contributed by atoms with Crippen LogP contribution in [0.4, 0.5) is 0 Å². The maximum atomic E-state index is 12.7. The Labute approximate surface area is 129 Å². The Morgan fingerprint density at radius 2 is 1.67 bits per heavy atom. The van der Waals surface area contributed by atoms with Gasteiger partial charge in [0.05, 0.1) is 5.54 Å². The summed E-state index contributed by atoms with van der Waals surface area (Å²) in [6.07, 6.45) is 15.0. The molecule has 21 heavy (non-hydrogen) atoms. The minimum absolute atomic E-state index is 0.0846. The second-order valence-corrected chi connectivity index (χ2v) is 7.85. The number of hydrogen-bond acceptors (Lipinski definition) is 2. The molecule has 120 valence electrons. The quantitative estimate of drug-likeness (QED) is 0.838. The number of rotatable bonds is 3. The molecular weight excluding hydrogens is 260 g/mol. The van der Waals surface area contributed by atoms with E-state index in [1.165, 1.54) is 51.4 Å². The Morgan fingerprint density at radius 1 is 0.952 bits per heavy atom. The first-order valence-corrected chi connectivity index (χ1v) is 9.24. The van der Waals surface area contributed by atoms with E-state index in [2.05, 4.69) is 5.32 Å². The lowest BCUT2D eigenvalue weighted by Crippen LogP contribution is -2.56. The average Bonchev–Trinajstić information content (AvgIpc) is 2.55. The van der Waals surface area contributed by atoms with Crippen LogP contribution in [0.3, 0.4) is 0 Å². The molecule has 3 nitrogen and oxygen atoms in total. The fourth-order valence-electron chi connectivity index (χ4n) is 5.08. The van der Waals surface area contributed by atoms with E-state index in [0.29, 0.717) is 12.5 Å². The van der Waals surface area contributed by atoms with Gasteiger partial charge in [-0.15, -0.1) is 0 Å². The molecule has 0 bridgehead atoms. The van der Waals surface area contributed by atoms with Crippen molar-refractivity contribution in [3.63, 3.8) is 0 Å². The lowest BCUT2D eigenvalue weighted by molar-refractivity contribution is -0.129. The van der Waals surface area contributed by atoms with Crippen molar-refractivity contribution < 1.29 is 4.79 Å². The molecule has 3 heteroatoms. The van der Waals surface area contributed by atoms with Crippen molar-refractivity contribution >= 4 is 5.91 Å². The Morgan fingerprint density at radius 3 is 2.38 bits per heavy atom.